The summed E-state index contributed by atoms with van der Waals surface area (Å²) in [5.74, 6) is -1.17. The summed E-state index contributed by atoms with van der Waals surface area (Å²) in [6.45, 7) is 2.31. The fourth-order valence-electron chi connectivity index (χ4n) is 3.56. The van der Waals surface area contributed by atoms with Gasteiger partial charge in [-0.3, -0.25) is 9.36 Å². The van der Waals surface area contributed by atoms with Gasteiger partial charge in [0.1, 0.15) is 4.90 Å². The first-order chi connectivity index (χ1) is 14.8. The van der Waals surface area contributed by atoms with E-state index in [1.807, 2.05) is 7.05 Å². The number of piperazine rings is 1. The molecule has 2 aromatic carbocycles. The van der Waals surface area contributed by atoms with Crippen LogP contribution in [0.4, 0.5) is 0 Å². The minimum absolute atomic E-state index is 0.0363. The first kappa shape index (κ1) is 20.9. The van der Waals surface area contributed by atoms with E-state index in [0.29, 0.717) is 35.8 Å². The Kier molecular flexibility index (Phi) is 5.42. The maximum Gasteiger partial charge on any atom is 0.350 e. The number of nitrogens with zero attached hydrogens (tertiary/aromatic N) is 4. The number of aromatic hydroxyl groups is 1. The summed E-state index contributed by atoms with van der Waals surface area (Å²) in [7, 11) is -2.59. The molecule has 1 aromatic heterocycles. The van der Waals surface area contributed by atoms with Crippen molar-refractivity contribution in [3.63, 3.8) is 0 Å². The van der Waals surface area contributed by atoms with Gasteiger partial charge in [-0.2, -0.15) is 0 Å². The largest absolute Gasteiger partial charge is 0.493 e. The van der Waals surface area contributed by atoms with Gasteiger partial charge in [-0.15, -0.1) is 3.97 Å². The van der Waals surface area contributed by atoms with E-state index in [4.69, 9.17) is 0 Å². The lowest BCUT2D eigenvalue weighted by molar-refractivity contribution is 0.0660. The zero-order valence-corrected chi connectivity index (χ0v) is 17.7. The highest BCUT2D eigenvalue weighted by Gasteiger charge is 2.31. The van der Waals surface area contributed by atoms with Crippen molar-refractivity contribution in [1.29, 1.82) is 0 Å². The third-order valence-electron chi connectivity index (χ3n) is 5.29. The van der Waals surface area contributed by atoms with Crippen LogP contribution in [0.1, 0.15) is 10.4 Å². The van der Waals surface area contributed by atoms with Gasteiger partial charge in [-0.1, -0.05) is 30.3 Å². The fraction of sp³-hybridized carbons (Fsp3) is 0.238. The molecule has 1 fully saturated rings. The second-order valence-electron chi connectivity index (χ2n) is 7.34. The molecule has 1 saturated heterocycles. The summed E-state index contributed by atoms with van der Waals surface area (Å²) < 4.78 is 28.1. The second-order valence-corrected chi connectivity index (χ2v) is 9.09. The summed E-state index contributed by atoms with van der Waals surface area (Å²) in [5, 5.41) is 10.3. The van der Waals surface area contributed by atoms with Gasteiger partial charge in [0.05, 0.1) is 17.4 Å². The molecule has 1 N–H and O–H groups in total. The van der Waals surface area contributed by atoms with Gasteiger partial charge >= 0.3 is 5.69 Å². The Morgan fingerprint density at radius 1 is 0.935 bits per heavy atom. The van der Waals surface area contributed by atoms with Crippen LogP contribution in [0.2, 0.25) is 0 Å². The standard InChI is InChI=1S/C21H22N4O5S/c1-22-11-13-23(14-12-22)20(27)17-9-5-6-10-18(17)31(29,30)25-19(26)15-24(21(25)28)16-7-3-2-4-8-16/h2-10,15,26H,11-14H2,1H3. The van der Waals surface area contributed by atoms with E-state index in [-0.39, 0.29) is 10.5 Å². The highest BCUT2D eigenvalue weighted by atomic mass is 32.2. The average molecular weight is 442 g/mol. The van der Waals surface area contributed by atoms with Crippen LogP contribution >= 0.6 is 0 Å². The second kappa shape index (κ2) is 8.05. The van der Waals surface area contributed by atoms with Gasteiger partial charge in [0, 0.05) is 26.2 Å². The number of carbonyl (C=O) groups excluding carboxylic acids is 1. The molecular weight excluding hydrogens is 420 g/mol. The summed E-state index contributed by atoms with van der Waals surface area (Å²) in [6, 6.07) is 14.1. The molecule has 162 valence electrons. The number of aromatic nitrogens is 2. The van der Waals surface area contributed by atoms with Crippen LogP contribution < -0.4 is 5.69 Å². The first-order valence-corrected chi connectivity index (χ1v) is 11.2. The Hall–Kier alpha value is -3.37. The van der Waals surface area contributed by atoms with Crippen molar-refractivity contribution in [2.45, 2.75) is 4.90 Å². The molecule has 0 spiro atoms. The molecule has 0 unspecified atom stereocenters. The molecule has 2 heterocycles. The van der Waals surface area contributed by atoms with Crippen LogP contribution in [-0.2, 0) is 10.0 Å². The van der Waals surface area contributed by atoms with Crippen LogP contribution in [0, 0.1) is 0 Å². The van der Waals surface area contributed by atoms with E-state index in [1.54, 1.807) is 41.3 Å². The normalized spacial score (nSPS) is 15.2. The summed E-state index contributed by atoms with van der Waals surface area (Å²) in [4.78, 5) is 29.3. The number of rotatable bonds is 4. The Balaban J connectivity index is 1.79. The van der Waals surface area contributed by atoms with Crippen molar-refractivity contribution >= 4 is 15.9 Å². The number of amides is 1. The van der Waals surface area contributed by atoms with Crippen LogP contribution in [0.5, 0.6) is 5.88 Å². The van der Waals surface area contributed by atoms with Gasteiger partial charge in [0.25, 0.3) is 15.9 Å². The van der Waals surface area contributed by atoms with E-state index in [0.717, 1.165) is 10.8 Å². The average Bonchev–Trinajstić information content (AvgIpc) is 3.09. The summed E-state index contributed by atoms with van der Waals surface area (Å²) in [6.07, 6.45) is 1.04. The van der Waals surface area contributed by atoms with E-state index in [2.05, 4.69) is 4.90 Å². The molecule has 31 heavy (non-hydrogen) atoms. The number of hydrogen-bond donors (Lipinski definition) is 1. The van der Waals surface area contributed by atoms with Gasteiger partial charge in [0.15, 0.2) is 0 Å². The molecule has 3 aromatic rings. The molecule has 0 saturated carbocycles. The number of likely N-dealkylation sites (N-methyl/N-ethyl adjacent to an activating group) is 1. The lowest BCUT2D eigenvalue weighted by Gasteiger charge is -2.32. The van der Waals surface area contributed by atoms with Crippen molar-refractivity contribution in [3.05, 3.63) is 76.8 Å². The van der Waals surface area contributed by atoms with Gasteiger partial charge < -0.3 is 14.9 Å². The lowest BCUT2D eigenvalue weighted by Crippen LogP contribution is -2.47. The molecule has 1 aliphatic rings. The molecular formula is C21H22N4O5S. The maximum absolute atomic E-state index is 13.4. The Labute approximate surface area is 179 Å². The third kappa shape index (κ3) is 3.75. The Bertz CT molecular complexity index is 1270. The van der Waals surface area contributed by atoms with Crippen molar-refractivity contribution in [2.24, 2.45) is 0 Å². The zero-order valence-electron chi connectivity index (χ0n) is 16.9. The highest BCUT2D eigenvalue weighted by Crippen LogP contribution is 2.24. The minimum atomic E-state index is -4.54. The van der Waals surface area contributed by atoms with Crippen LogP contribution in [0.15, 0.2) is 70.5 Å². The predicted molar refractivity (Wildman–Crippen MR) is 114 cm³/mol. The summed E-state index contributed by atoms with van der Waals surface area (Å²) in [5.41, 5.74) is -0.588. The molecule has 0 bridgehead atoms. The maximum atomic E-state index is 13.4. The van der Waals surface area contributed by atoms with Crippen LogP contribution in [-0.4, -0.2) is 71.0 Å². The van der Waals surface area contributed by atoms with Crippen LogP contribution in [0.3, 0.4) is 0 Å². The molecule has 4 rings (SSSR count). The molecule has 9 nitrogen and oxygen atoms in total. The number of imidazole rings is 1. The fourth-order valence-corrected chi connectivity index (χ4v) is 5.03. The molecule has 0 aliphatic carbocycles. The Morgan fingerprint density at radius 2 is 1.55 bits per heavy atom. The topological polar surface area (TPSA) is 105 Å². The minimum Gasteiger partial charge on any atom is -0.493 e. The van der Waals surface area contributed by atoms with E-state index >= 15 is 0 Å². The van der Waals surface area contributed by atoms with E-state index < -0.39 is 27.5 Å². The van der Waals surface area contributed by atoms with Crippen molar-refractivity contribution < 1.29 is 18.3 Å². The smallest absolute Gasteiger partial charge is 0.350 e. The lowest BCUT2D eigenvalue weighted by atomic mass is 10.2. The quantitative estimate of drug-likeness (QED) is 0.646. The van der Waals surface area contributed by atoms with Crippen molar-refractivity contribution in [3.8, 4) is 11.6 Å². The molecule has 1 aliphatic heterocycles. The molecule has 10 heteroatoms. The van der Waals surface area contributed by atoms with Gasteiger partial charge in [-0.05, 0) is 31.3 Å². The Morgan fingerprint density at radius 3 is 2.23 bits per heavy atom. The van der Waals surface area contributed by atoms with E-state index in [9.17, 15) is 23.1 Å². The monoisotopic (exact) mass is 442 g/mol. The zero-order chi connectivity index (χ0) is 22.2. The summed E-state index contributed by atoms with van der Waals surface area (Å²) >= 11 is 0. The molecule has 0 atom stereocenters. The number of hydrogen-bond acceptors (Lipinski definition) is 6. The van der Waals surface area contributed by atoms with Gasteiger partial charge in [-0.25, -0.2) is 13.2 Å². The van der Waals surface area contributed by atoms with Gasteiger partial charge in [0.2, 0.25) is 5.88 Å². The van der Waals surface area contributed by atoms with Crippen molar-refractivity contribution in [2.75, 3.05) is 33.2 Å². The molecule has 0 radical (unpaired) electrons. The highest BCUT2D eigenvalue weighted by molar-refractivity contribution is 7.90. The predicted octanol–water partition coefficient (Wildman–Crippen LogP) is 0.969. The number of carbonyl (C=O) groups is 1. The van der Waals surface area contributed by atoms with E-state index in [1.165, 1.54) is 18.2 Å². The molecule has 1 amide bonds. The number of benzene rings is 2. The third-order valence-corrected chi connectivity index (χ3v) is 7.03. The van der Waals surface area contributed by atoms with Crippen molar-refractivity contribution in [1.82, 2.24) is 18.3 Å². The SMILES string of the molecule is CN1CCN(C(=O)c2ccccc2S(=O)(=O)n2c(O)cn(-c3ccccc3)c2=O)CC1. The first-order valence-electron chi connectivity index (χ1n) is 9.72. The number of para-hydroxylation sites is 1. The van der Waals surface area contributed by atoms with Crippen LogP contribution in [0.25, 0.3) is 5.69 Å².